The summed E-state index contributed by atoms with van der Waals surface area (Å²) in [5.74, 6) is -0.568. The Hall–Kier alpha value is -1.85. The molecule has 7 heteroatoms. The molecule has 3 rings (SSSR count). The highest BCUT2D eigenvalue weighted by atomic mass is 35.5. The topological polar surface area (TPSA) is 71.8 Å². The van der Waals surface area contributed by atoms with E-state index >= 15 is 0 Å². The van der Waals surface area contributed by atoms with Crippen LogP contribution >= 0.6 is 23.2 Å². The van der Waals surface area contributed by atoms with Gasteiger partial charge in [0.2, 0.25) is 0 Å². The third-order valence-corrected chi connectivity index (χ3v) is 2.94. The lowest BCUT2D eigenvalue weighted by molar-refractivity contribution is 0.556. The minimum absolute atomic E-state index is 0.291. The van der Waals surface area contributed by atoms with Crippen molar-refractivity contribution in [3.05, 3.63) is 45.3 Å². The number of nitrogens with one attached hydrogen (secondary N) is 1. The van der Waals surface area contributed by atoms with Crippen LogP contribution in [0.3, 0.4) is 0 Å². The second-order valence-corrected chi connectivity index (χ2v) is 4.33. The van der Waals surface area contributed by atoms with Crippen LogP contribution in [0.2, 0.25) is 10.2 Å². The Kier molecular flexibility index (Phi) is 2.57. The first-order chi connectivity index (χ1) is 8.65. The average Bonchev–Trinajstić information content (AvgIpc) is 2.74. The first kappa shape index (κ1) is 11.3. The molecule has 5 nitrogen and oxygen atoms in total. The molecule has 0 saturated heterocycles. The Bertz CT molecular complexity index is 777. The van der Waals surface area contributed by atoms with Crippen LogP contribution in [0.25, 0.3) is 22.4 Å². The molecule has 0 atom stereocenters. The molecule has 2 heterocycles. The minimum atomic E-state index is -0.568. The number of oxazole rings is 1. The molecule has 0 aliphatic rings. The van der Waals surface area contributed by atoms with Gasteiger partial charge in [0.05, 0.1) is 23.1 Å². The van der Waals surface area contributed by atoms with Gasteiger partial charge in [-0.2, -0.15) is 0 Å². The van der Waals surface area contributed by atoms with E-state index in [4.69, 9.17) is 27.6 Å². The van der Waals surface area contributed by atoms with Gasteiger partial charge in [-0.05, 0) is 12.1 Å². The molecule has 0 fully saturated rings. The summed E-state index contributed by atoms with van der Waals surface area (Å²) in [4.78, 5) is 21.8. The van der Waals surface area contributed by atoms with Gasteiger partial charge >= 0.3 is 5.76 Å². The van der Waals surface area contributed by atoms with Crippen molar-refractivity contribution in [1.29, 1.82) is 0 Å². The molecule has 18 heavy (non-hydrogen) atoms. The summed E-state index contributed by atoms with van der Waals surface area (Å²) in [6, 6.07) is 3.36. The SMILES string of the molecule is O=c1[nH]c2c(Cl)ccc(-c3cnc(Cl)cn3)c2o1. The largest absolute Gasteiger partial charge is 0.417 e. The van der Waals surface area contributed by atoms with Gasteiger partial charge in [-0.25, -0.2) is 9.78 Å². The second kappa shape index (κ2) is 4.12. The fourth-order valence-corrected chi connectivity index (χ4v) is 1.95. The van der Waals surface area contributed by atoms with E-state index in [1.807, 2.05) is 0 Å². The Morgan fingerprint density at radius 1 is 1.17 bits per heavy atom. The van der Waals surface area contributed by atoms with E-state index in [9.17, 15) is 4.79 Å². The van der Waals surface area contributed by atoms with Crippen LogP contribution in [0, 0.1) is 0 Å². The van der Waals surface area contributed by atoms with Gasteiger partial charge in [0.15, 0.2) is 5.58 Å². The molecule has 0 radical (unpaired) electrons. The molecule has 0 unspecified atom stereocenters. The van der Waals surface area contributed by atoms with Gasteiger partial charge in [-0.1, -0.05) is 23.2 Å². The average molecular weight is 282 g/mol. The first-order valence-corrected chi connectivity index (χ1v) is 5.70. The van der Waals surface area contributed by atoms with Crippen LogP contribution in [0.1, 0.15) is 0 Å². The summed E-state index contributed by atoms with van der Waals surface area (Å²) in [5, 5.41) is 0.695. The molecular formula is C11H5Cl2N3O2. The van der Waals surface area contributed by atoms with Crippen molar-refractivity contribution in [2.24, 2.45) is 0 Å². The van der Waals surface area contributed by atoms with Crippen LogP contribution in [0.4, 0.5) is 0 Å². The quantitative estimate of drug-likeness (QED) is 0.744. The maximum Gasteiger partial charge on any atom is 0.417 e. The van der Waals surface area contributed by atoms with Crippen molar-refractivity contribution in [2.45, 2.75) is 0 Å². The second-order valence-electron chi connectivity index (χ2n) is 3.54. The molecule has 0 bridgehead atoms. The lowest BCUT2D eigenvalue weighted by atomic mass is 10.1. The van der Waals surface area contributed by atoms with Crippen molar-refractivity contribution in [3.63, 3.8) is 0 Å². The Balaban J connectivity index is 2.32. The molecule has 0 saturated carbocycles. The fraction of sp³-hybridized carbons (Fsp3) is 0. The van der Waals surface area contributed by atoms with Crippen LogP contribution in [0.15, 0.2) is 33.7 Å². The fourth-order valence-electron chi connectivity index (χ4n) is 1.65. The summed E-state index contributed by atoms with van der Waals surface area (Å²) in [7, 11) is 0. The highest BCUT2D eigenvalue weighted by molar-refractivity contribution is 6.35. The van der Waals surface area contributed by atoms with Gasteiger partial charge in [0.1, 0.15) is 10.7 Å². The number of aromatic amines is 1. The third-order valence-electron chi connectivity index (χ3n) is 2.42. The Morgan fingerprint density at radius 2 is 2.00 bits per heavy atom. The monoisotopic (exact) mass is 281 g/mol. The number of aromatic nitrogens is 3. The highest BCUT2D eigenvalue weighted by Gasteiger charge is 2.13. The maximum absolute atomic E-state index is 11.2. The standard InChI is InChI=1S/C11H5Cl2N3O2/c12-6-2-1-5(7-3-15-8(13)4-14-7)10-9(6)16-11(17)18-10/h1-4H,(H,16,17). The molecule has 0 amide bonds. The normalized spacial score (nSPS) is 11.0. The number of fused-ring (bicyclic) bond motifs is 1. The summed E-state index contributed by atoms with van der Waals surface area (Å²) in [5.41, 5.74) is 1.96. The van der Waals surface area contributed by atoms with Gasteiger partial charge < -0.3 is 4.42 Å². The van der Waals surface area contributed by atoms with Crippen LogP contribution in [-0.2, 0) is 0 Å². The zero-order valence-corrected chi connectivity index (χ0v) is 10.3. The number of H-pyrrole nitrogens is 1. The number of hydrogen-bond donors (Lipinski definition) is 1. The van der Waals surface area contributed by atoms with Crippen LogP contribution in [0.5, 0.6) is 0 Å². The number of rotatable bonds is 1. The molecular weight excluding hydrogens is 277 g/mol. The predicted molar refractivity (Wildman–Crippen MR) is 67.9 cm³/mol. The van der Waals surface area contributed by atoms with E-state index in [1.165, 1.54) is 12.4 Å². The zero-order valence-electron chi connectivity index (χ0n) is 8.78. The van der Waals surface area contributed by atoms with Crippen molar-refractivity contribution in [1.82, 2.24) is 15.0 Å². The van der Waals surface area contributed by atoms with Crippen molar-refractivity contribution in [3.8, 4) is 11.3 Å². The molecule has 0 aliphatic carbocycles. The number of benzene rings is 1. The van der Waals surface area contributed by atoms with E-state index in [2.05, 4.69) is 15.0 Å². The highest BCUT2D eigenvalue weighted by Crippen LogP contribution is 2.30. The summed E-state index contributed by atoms with van der Waals surface area (Å²) < 4.78 is 5.07. The minimum Gasteiger partial charge on any atom is -0.407 e. The van der Waals surface area contributed by atoms with Gasteiger partial charge in [0, 0.05) is 5.56 Å². The predicted octanol–water partition coefficient (Wildman–Crippen LogP) is 2.88. The molecule has 0 spiro atoms. The van der Waals surface area contributed by atoms with Crippen molar-refractivity contribution < 1.29 is 4.42 Å². The molecule has 1 aromatic carbocycles. The van der Waals surface area contributed by atoms with E-state index in [0.717, 1.165) is 0 Å². The smallest absolute Gasteiger partial charge is 0.407 e. The number of hydrogen-bond acceptors (Lipinski definition) is 4. The van der Waals surface area contributed by atoms with E-state index in [-0.39, 0.29) is 0 Å². The third kappa shape index (κ3) is 1.77. The summed E-state index contributed by atoms with van der Waals surface area (Å²) in [6.07, 6.45) is 2.92. The number of halogens is 2. The molecule has 0 aliphatic heterocycles. The van der Waals surface area contributed by atoms with Gasteiger partial charge in [-0.3, -0.25) is 9.97 Å². The van der Waals surface area contributed by atoms with Crippen molar-refractivity contribution >= 4 is 34.3 Å². The van der Waals surface area contributed by atoms with Crippen molar-refractivity contribution in [2.75, 3.05) is 0 Å². The van der Waals surface area contributed by atoms with Crippen LogP contribution in [-0.4, -0.2) is 15.0 Å². The molecule has 2 aromatic heterocycles. The van der Waals surface area contributed by atoms with Gasteiger partial charge in [-0.15, -0.1) is 0 Å². The lowest BCUT2D eigenvalue weighted by Gasteiger charge is -2.01. The Morgan fingerprint density at radius 3 is 2.72 bits per heavy atom. The lowest BCUT2D eigenvalue weighted by Crippen LogP contribution is -1.93. The first-order valence-electron chi connectivity index (χ1n) is 4.94. The van der Waals surface area contributed by atoms with E-state index in [1.54, 1.807) is 12.1 Å². The maximum atomic E-state index is 11.2. The molecule has 3 aromatic rings. The summed E-state index contributed by atoms with van der Waals surface area (Å²) in [6.45, 7) is 0. The molecule has 1 N–H and O–H groups in total. The Labute approximate surface area is 110 Å². The van der Waals surface area contributed by atoms with Gasteiger partial charge in [0.25, 0.3) is 0 Å². The number of nitrogens with zero attached hydrogens (tertiary/aromatic N) is 2. The van der Waals surface area contributed by atoms with E-state index < -0.39 is 5.76 Å². The van der Waals surface area contributed by atoms with Crippen LogP contribution < -0.4 is 5.76 Å². The summed E-state index contributed by atoms with van der Waals surface area (Å²) >= 11 is 11.6. The van der Waals surface area contributed by atoms with E-state index in [0.29, 0.717) is 32.5 Å². The zero-order chi connectivity index (χ0) is 12.7. The molecule has 90 valence electrons.